The van der Waals surface area contributed by atoms with E-state index < -0.39 is 24.9 Å². The molecule has 4 heterocycles. The highest BCUT2D eigenvalue weighted by molar-refractivity contribution is 7.20. The van der Waals surface area contributed by atoms with Crippen molar-refractivity contribution in [3.05, 3.63) is 390 Å². The number of benzene rings is 14. The lowest BCUT2D eigenvalue weighted by Gasteiger charge is -2.52. The molecule has 14 aromatic carbocycles. The van der Waals surface area contributed by atoms with Crippen LogP contribution < -0.4 is 20.7 Å². The minimum atomic E-state index is -3.98. The molecule has 0 bridgehead atoms. The van der Waals surface area contributed by atoms with Gasteiger partial charge in [-0.25, -0.2) is 0 Å². The first-order chi connectivity index (χ1) is 46.7. The Kier molecular flexibility index (Phi) is 9.87. The number of rotatable bonds is 8. The summed E-state index contributed by atoms with van der Waals surface area (Å²) in [6, 6.07) is 113. The fourth-order valence-corrected chi connectivity index (χ4v) is 21.2. The number of hydrogen-bond acceptors (Lipinski definition) is 0. The Hall–Kier alpha value is -11.3. The van der Waals surface area contributed by atoms with Crippen molar-refractivity contribution in [2.45, 2.75) is 10.8 Å². The molecule has 0 amide bonds. The molecule has 17 aromatic rings. The fraction of sp³-hybridized carbons (Fsp3) is 0.0233. The molecule has 0 saturated carbocycles. The van der Waals surface area contributed by atoms with Crippen molar-refractivity contribution in [2.75, 3.05) is 0 Å². The maximum absolute atomic E-state index is 10.1. The van der Waals surface area contributed by atoms with E-state index in [1.54, 1.807) is 0 Å². The van der Waals surface area contributed by atoms with Crippen LogP contribution in [0.2, 0.25) is 0 Å². The van der Waals surface area contributed by atoms with Gasteiger partial charge in [0, 0.05) is 43.7 Å². The topological polar surface area (TPSA) is 14.8 Å². The second kappa shape index (κ2) is 19.3. The molecule has 2 aliphatic rings. The molecule has 19 rings (SSSR count). The van der Waals surface area contributed by atoms with E-state index in [1.807, 2.05) is 36.4 Å². The molecular weight excluding hydrogens is 1100 g/mol. The first kappa shape index (κ1) is 45.9. The van der Waals surface area contributed by atoms with Gasteiger partial charge in [-0.2, -0.15) is 0 Å². The second-order valence-electron chi connectivity index (χ2n) is 24.2. The molecule has 4 heteroatoms. The zero-order valence-electron chi connectivity index (χ0n) is 53.9. The Bertz CT molecular complexity index is 5790. The van der Waals surface area contributed by atoms with Gasteiger partial charge in [0.15, 0.2) is 8.07 Å². The van der Waals surface area contributed by atoms with Crippen molar-refractivity contribution in [3.63, 3.8) is 0 Å². The van der Waals surface area contributed by atoms with Crippen LogP contribution in [0.3, 0.4) is 0 Å². The summed E-state index contributed by atoms with van der Waals surface area (Å²) in [5.74, 6) is 0. The van der Waals surface area contributed by atoms with E-state index in [9.17, 15) is 5.48 Å². The third kappa shape index (κ3) is 6.67. The predicted octanol–water partition coefficient (Wildman–Crippen LogP) is 17.7. The molecular formula is C86H57N3Si. The Morgan fingerprint density at radius 2 is 0.667 bits per heavy atom. The Labute approximate surface area is 529 Å². The van der Waals surface area contributed by atoms with Crippen molar-refractivity contribution in [3.8, 4) is 17.1 Å². The smallest absolute Gasteiger partial charge is 0.179 e. The van der Waals surface area contributed by atoms with Crippen molar-refractivity contribution in [2.24, 2.45) is 0 Å². The number of fused-ring (bicyclic) bond motifs is 17. The summed E-state index contributed by atoms with van der Waals surface area (Å²) in [4.78, 5) is 0. The van der Waals surface area contributed by atoms with Crippen LogP contribution in [-0.2, 0) is 10.8 Å². The van der Waals surface area contributed by atoms with Gasteiger partial charge < -0.3 is 13.7 Å². The number of hydrogen-bond donors (Lipinski definition) is 0. The van der Waals surface area contributed by atoms with Gasteiger partial charge in [0.25, 0.3) is 0 Å². The molecule has 1 aliphatic carbocycles. The van der Waals surface area contributed by atoms with E-state index in [2.05, 4.69) is 293 Å². The Morgan fingerprint density at radius 1 is 0.256 bits per heavy atom. The van der Waals surface area contributed by atoms with Crippen molar-refractivity contribution < 1.29 is 6.85 Å². The van der Waals surface area contributed by atoms with Crippen LogP contribution in [0.15, 0.2) is 346 Å². The molecule has 420 valence electrons. The van der Waals surface area contributed by atoms with E-state index in [4.69, 9.17) is 1.37 Å². The molecule has 3 nitrogen and oxygen atoms in total. The minimum absolute atomic E-state index is 0.202. The average molecular weight is 1170 g/mol. The van der Waals surface area contributed by atoms with Gasteiger partial charge >= 0.3 is 0 Å². The molecule has 3 aromatic heterocycles. The summed E-state index contributed by atoms with van der Waals surface area (Å²) in [5.41, 5.74) is 16.8. The first-order valence-corrected chi connectivity index (χ1v) is 33.0. The molecule has 0 atom stereocenters. The Morgan fingerprint density at radius 3 is 1.17 bits per heavy atom. The lowest BCUT2D eigenvalue weighted by atomic mass is 9.50. The molecule has 0 unspecified atom stereocenters. The first-order valence-electron chi connectivity index (χ1n) is 33.5. The molecule has 0 saturated heterocycles. The van der Waals surface area contributed by atoms with E-state index in [0.29, 0.717) is 5.19 Å². The number of aromatic nitrogens is 3. The maximum Gasteiger partial charge on any atom is 0.179 e. The lowest BCUT2D eigenvalue weighted by molar-refractivity contribution is 0.610. The van der Waals surface area contributed by atoms with Crippen molar-refractivity contribution >= 4 is 94.2 Å². The van der Waals surface area contributed by atoms with E-state index >= 15 is 0 Å². The molecule has 0 fully saturated rings. The van der Waals surface area contributed by atoms with Crippen LogP contribution >= 0.6 is 0 Å². The average Bonchev–Trinajstić information content (AvgIpc) is 1.63. The van der Waals surface area contributed by atoms with Gasteiger partial charge in [-0.1, -0.05) is 285 Å². The summed E-state index contributed by atoms with van der Waals surface area (Å²) in [6.45, 7) is 0. The molecule has 1 aliphatic heterocycles. The predicted molar refractivity (Wildman–Crippen MR) is 377 cm³/mol. The summed E-state index contributed by atoms with van der Waals surface area (Å²) in [5, 5.41) is 9.84. The SMILES string of the molecule is [2H]c1c([2H])c([2H])c([Si](c2ccccc2)(c2ccccc2)c2ccc3c(c2)-n2c4ccc(-n5c6ccccc6c6ccccc65)cc4c4cc(-n5c6ccccc6c6ccccc65)cc(c42)C32c3ccccc3C(c3ccccc3)(c3ccccc3)c3ccccc32)c([2H])c1[2H]. The van der Waals surface area contributed by atoms with Crippen LogP contribution in [0.4, 0.5) is 0 Å². The van der Waals surface area contributed by atoms with E-state index in [0.717, 1.165) is 121 Å². The van der Waals surface area contributed by atoms with Crippen molar-refractivity contribution in [1.29, 1.82) is 0 Å². The quantitative estimate of drug-likeness (QED) is 0.106. The lowest BCUT2D eigenvalue weighted by Crippen LogP contribution is -2.74. The third-order valence-corrected chi connectivity index (χ3v) is 24.7. The van der Waals surface area contributed by atoms with Gasteiger partial charge in [-0.05, 0) is 126 Å². The maximum atomic E-state index is 10.1. The zero-order chi connectivity index (χ0) is 63.5. The van der Waals surface area contributed by atoms with Gasteiger partial charge in [0.2, 0.25) is 0 Å². The molecule has 90 heavy (non-hydrogen) atoms. The molecule has 0 radical (unpaired) electrons. The van der Waals surface area contributed by atoms with Gasteiger partial charge in [-0.3, -0.25) is 0 Å². The standard InChI is InChI=1S/C86H57N3Si/c1-6-28-58(29-7-1)85(59-30-8-2-9-31-59)72-42-20-22-44-74(72)86(75-45-23-21-43-73(75)85)76-52-51-65(90(62-32-10-3-11-33-62,63-34-12-4-13-35-63)64-36-14-5-15-37-64)57-83(76)89-82-53-50-60(87-78-46-24-16-38-66(78)67-39-17-25-47-79(67)87)54-70(82)71-55-61(56-77(86)84(71)89)88-80-48-26-18-40-68(80)69-41-19-27-49-81(69)88/h1-57H/i3D,10D,11D,32D,33D. The highest BCUT2D eigenvalue weighted by Gasteiger charge is 2.57. The molecule has 1 spiro atoms. The van der Waals surface area contributed by atoms with Crippen LogP contribution in [0.1, 0.15) is 51.4 Å². The van der Waals surface area contributed by atoms with Gasteiger partial charge in [0.1, 0.15) is 0 Å². The highest BCUT2D eigenvalue weighted by atomic mass is 28.3. The van der Waals surface area contributed by atoms with E-state index in [1.165, 1.54) is 21.5 Å². The monoisotopic (exact) mass is 1160 g/mol. The van der Waals surface area contributed by atoms with Crippen molar-refractivity contribution in [1.82, 2.24) is 13.7 Å². The zero-order valence-corrected chi connectivity index (χ0v) is 49.9. The van der Waals surface area contributed by atoms with Crippen LogP contribution in [0, 0.1) is 0 Å². The normalized spacial score (nSPS) is 14.5. The van der Waals surface area contributed by atoms with Crippen LogP contribution in [0.25, 0.3) is 82.5 Å². The number of nitrogens with zero attached hydrogens (tertiary/aromatic N) is 3. The number of para-hydroxylation sites is 4. The summed E-state index contributed by atoms with van der Waals surface area (Å²) >= 11 is 0. The third-order valence-electron chi connectivity index (χ3n) is 20.2. The summed E-state index contributed by atoms with van der Waals surface area (Å²) in [6.07, 6.45) is 0. The van der Waals surface area contributed by atoms with Gasteiger partial charge in [0.05, 0.1) is 56.5 Å². The highest BCUT2D eigenvalue weighted by Crippen LogP contribution is 2.64. The van der Waals surface area contributed by atoms with Gasteiger partial charge in [-0.15, -0.1) is 0 Å². The molecule has 0 N–H and O–H groups in total. The largest absolute Gasteiger partial charge is 0.309 e. The Balaban J connectivity index is 1.04. The fourth-order valence-electron chi connectivity index (χ4n) is 16.8. The second-order valence-corrected chi connectivity index (χ2v) is 27.9. The summed E-state index contributed by atoms with van der Waals surface area (Å²) < 4.78 is 55.5. The van der Waals surface area contributed by atoms with E-state index in [-0.39, 0.29) is 24.2 Å². The van der Waals surface area contributed by atoms with Crippen LogP contribution in [0.5, 0.6) is 0 Å². The van der Waals surface area contributed by atoms with Crippen LogP contribution in [-0.4, -0.2) is 21.8 Å². The summed E-state index contributed by atoms with van der Waals surface area (Å²) in [7, 11) is -3.98. The minimum Gasteiger partial charge on any atom is -0.309 e.